The Balaban J connectivity index is 1.62. The van der Waals surface area contributed by atoms with E-state index in [-0.39, 0.29) is 12.4 Å². The van der Waals surface area contributed by atoms with Crippen molar-refractivity contribution in [1.29, 1.82) is 0 Å². The number of esters is 1. The Morgan fingerprint density at radius 1 is 1.04 bits per heavy atom. The molecule has 0 amide bonds. The molecule has 0 radical (unpaired) electrons. The molecule has 128 valence electrons. The fraction of sp³-hybridized carbons (Fsp3) is 0.238. The van der Waals surface area contributed by atoms with E-state index in [1.807, 2.05) is 63.2 Å². The third-order valence-electron chi connectivity index (χ3n) is 4.24. The zero-order valence-electron chi connectivity index (χ0n) is 14.7. The van der Waals surface area contributed by atoms with Gasteiger partial charge in [-0.2, -0.15) is 0 Å². The van der Waals surface area contributed by atoms with E-state index in [0.29, 0.717) is 23.8 Å². The van der Waals surface area contributed by atoms with Crippen molar-refractivity contribution < 1.29 is 13.9 Å². The SMILES string of the molecule is Cc1ccc(C)c(OC(=O)CCc2ncc(-c3ccccc3)o2)c1C. The molecule has 3 rings (SSSR count). The van der Waals surface area contributed by atoms with Crippen LogP contribution in [0.5, 0.6) is 5.75 Å². The van der Waals surface area contributed by atoms with Gasteiger partial charge in [0.15, 0.2) is 11.7 Å². The summed E-state index contributed by atoms with van der Waals surface area (Å²) in [6, 6.07) is 13.8. The molecule has 0 aliphatic rings. The Kier molecular flexibility index (Phi) is 4.98. The third-order valence-corrected chi connectivity index (χ3v) is 4.24. The lowest BCUT2D eigenvalue weighted by Gasteiger charge is -2.12. The highest BCUT2D eigenvalue weighted by atomic mass is 16.5. The first-order valence-electron chi connectivity index (χ1n) is 8.32. The number of carbonyl (C=O) groups excluding carboxylic acids is 1. The molecule has 0 N–H and O–H groups in total. The third kappa shape index (κ3) is 3.97. The predicted octanol–water partition coefficient (Wildman–Crippen LogP) is 4.81. The monoisotopic (exact) mass is 335 g/mol. The summed E-state index contributed by atoms with van der Waals surface area (Å²) < 4.78 is 11.3. The van der Waals surface area contributed by atoms with Gasteiger partial charge in [-0.3, -0.25) is 4.79 Å². The topological polar surface area (TPSA) is 52.3 Å². The lowest BCUT2D eigenvalue weighted by atomic mass is 10.1. The van der Waals surface area contributed by atoms with E-state index in [9.17, 15) is 4.79 Å². The summed E-state index contributed by atoms with van der Waals surface area (Å²) in [5, 5.41) is 0. The second-order valence-electron chi connectivity index (χ2n) is 6.11. The van der Waals surface area contributed by atoms with Crippen molar-refractivity contribution in [3.63, 3.8) is 0 Å². The summed E-state index contributed by atoms with van der Waals surface area (Å²) in [7, 11) is 0. The van der Waals surface area contributed by atoms with Crippen molar-refractivity contribution in [3.05, 3.63) is 71.2 Å². The lowest BCUT2D eigenvalue weighted by Crippen LogP contribution is -2.11. The van der Waals surface area contributed by atoms with Gasteiger partial charge >= 0.3 is 5.97 Å². The van der Waals surface area contributed by atoms with Crippen LogP contribution in [0.2, 0.25) is 0 Å². The minimum atomic E-state index is -0.281. The first-order chi connectivity index (χ1) is 12.0. The molecular formula is C21H21NO3. The van der Waals surface area contributed by atoms with Crippen LogP contribution in [0.3, 0.4) is 0 Å². The second-order valence-corrected chi connectivity index (χ2v) is 6.11. The number of carbonyl (C=O) groups is 1. The molecular weight excluding hydrogens is 314 g/mol. The largest absolute Gasteiger partial charge is 0.441 e. The van der Waals surface area contributed by atoms with E-state index in [1.54, 1.807) is 6.20 Å². The number of rotatable bonds is 5. The standard InChI is InChI=1S/C21H21NO3/c1-14-9-10-15(2)21(16(14)3)25-20(23)12-11-19-22-13-18(24-19)17-7-5-4-6-8-17/h4-10,13H,11-12H2,1-3H3. The highest BCUT2D eigenvalue weighted by Crippen LogP contribution is 2.26. The number of nitrogens with zero attached hydrogens (tertiary/aromatic N) is 1. The fourth-order valence-corrected chi connectivity index (χ4v) is 2.62. The van der Waals surface area contributed by atoms with E-state index in [1.165, 1.54) is 0 Å². The summed E-state index contributed by atoms with van der Waals surface area (Å²) in [5.74, 6) is 1.61. The zero-order chi connectivity index (χ0) is 17.8. The van der Waals surface area contributed by atoms with Crippen LogP contribution in [0, 0.1) is 20.8 Å². The molecule has 0 bridgehead atoms. The second kappa shape index (κ2) is 7.34. The summed E-state index contributed by atoms with van der Waals surface area (Å²) in [4.78, 5) is 16.4. The molecule has 2 aromatic carbocycles. The van der Waals surface area contributed by atoms with Gasteiger partial charge in [0.05, 0.1) is 12.6 Å². The molecule has 0 spiro atoms. The molecule has 0 fully saturated rings. The number of hydrogen-bond donors (Lipinski definition) is 0. The van der Waals surface area contributed by atoms with E-state index in [2.05, 4.69) is 4.98 Å². The number of aromatic nitrogens is 1. The van der Waals surface area contributed by atoms with Crippen LogP contribution < -0.4 is 4.74 Å². The van der Waals surface area contributed by atoms with Crippen LogP contribution in [-0.2, 0) is 11.2 Å². The fourth-order valence-electron chi connectivity index (χ4n) is 2.62. The molecule has 0 saturated carbocycles. The highest BCUT2D eigenvalue weighted by Gasteiger charge is 2.13. The number of oxazole rings is 1. The molecule has 4 nitrogen and oxygen atoms in total. The van der Waals surface area contributed by atoms with Crippen LogP contribution in [0.15, 0.2) is 53.1 Å². The summed E-state index contributed by atoms with van der Waals surface area (Å²) >= 11 is 0. The minimum Gasteiger partial charge on any atom is -0.441 e. The van der Waals surface area contributed by atoms with E-state index in [4.69, 9.17) is 9.15 Å². The van der Waals surface area contributed by atoms with Crippen molar-refractivity contribution >= 4 is 5.97 Å². The van der Waals surface area contributed by atoms with Crippen LogP contribution in [0.25, 0.3) is 11.3 Å². The maximum Gasteiger partial charge on any atom is 0.311 e. The van der Waals surface area contributed by atoms with E-state index >= 15 is 0 Å². The van der Waals surface area contributed by atoms with Gasteiger partial charge in [0.2, 0.25) is 0 Å². The maximum absolute atomic E-state index is 12.2. The minimum absolute atomic E-state index is 0.224. The van der Waals surface area contributed by atoms with Crippen molar-refractivity contribution in [3.8, 4) is 17.1 Å². The lowest BCUT2D eigenvalue weighted by molar-refractivity contribution is -0.134. The average molecular weight is 335 g/mol. The van der Waals surface area contributed by atoms with E-state index < -0.39 is 0 Å². The first-order valence-corrected chi connectivity index (χ1v) is 8.32. The molecule has 1 aromatic heterocycles. The molecule has 0 unspecified atom stereocenters. The quantitative estimate of drug-likeness (QED) is 0.496. The first kappa shape index (κ1) is 17.0. The molecule has 0 atom stereocenters. The predicted molar refractivity (Wildman–Crippen MR) is 96.5 cm³/mol. The molecule has 0 aliphatic carbocycles. The van der Waals surface area contributed by atoms with Crippen molar-refractivity contribution in [2.45, 2.75) is 33.6 Å². The smallest absolute Gasteiger partial charge is 0.311 e. The molecule has 0 saturated heterocycles. The number of ether oxygens (including phenoxy) is 1. The van der Waals surface area contributed by atoms with Crippen molar-refractivity contribution in [2.75, 3.05) is 0 Å². The van der Waals surface area contributed by atoms with Crippen molar-refractivity contribution in [2.24, 2.45) is 0 Å². The molecule has 25 heavy (non-hydrogen) atoms. The summed E-state index contributed by atoms with van der Waals surface area (Å²) in [5.41, 5.74) is 4.03. The number of hydrogen-bond acceptors (Lipinski definition) is 4. The maximum atomic E-state index is 12.2. The molecule has 4 heteroatoms. The molecule has 0 aliphatic heterocycles. The van der Waals surface area contributed by atoms with Crippen LogP contribution in [-0.4, -0.2) is 11.0 Å². The van der Waals surface area contributed by atoms with Gasteiger partial charge in [0.25, 0.3) is 0 Å². The van der Waals surface area contributed by atoms with Gasteiger partial charge in [-0.15, -0.1) is 0 Å². The Morgan fingerprint density at radius 3 is 2.52 bits per heavy atom. The van der Waals surface area contributed by atoms with Gasteiger partial charge in [-0.25, -0.2) is 4.98 Å². The number of aryl methyl sites for hydroxylation is 3. The Morgan fingerprint density at radius 2 is 1.76 bits per heavy atom. The molecule has 1 heterocycles. The van der Waals surface area contributed by atoms with Gasteiger partial charge in [-0.1, -0.05) is 42.5 Å². The van der Waals surface area contributed by atoms with Crippen LogP contribution >= 0.6 is 0 Å². The van der Waals surface area contributed by atoms with Gasteiger partial charge in [0.1, 0.15) is 5.75 Å². The Bertz CT molecular complexity index is 881. The van der Waals surface area contributed by atoms with Crippen LogP contribution in [0.1, 0.15) is 29.0 Å². The van der Waals surface area contributed by atoms with Gasteiger partial charge < -0.3 is 9.15 Å². The summed E-state index contributed by atoms with van der Waals surface area (Å²) in [6.45, 7) is 5.91. The Labute approximate surface area is 147 Å². The summed E-state index contributed by atoms with van der Waals surface area (Å²) in [6.07, 6.45) is 2.32. The van der Waals surface area contributed by atoms with Crippen molar-refractivity contribution in [1.82, 2.24) is 4.98 Å². The number of benzene rings is 2. The van der Waals surface area contributed by atoms with Crippen LogP contribution in [0.4, 0.5) is 0 Å². The van der Waals surface area contributed by atoms with E-state index in [0.717, 1.165) is 22.3 Å². The average Bonchev–Trinajstić information content (AvgIpc) is 3.10. The zero-order valence-corrected chi connectivity index (χ0v) is 14.7. The highest BCUT2D eigenvalue weighted by molar-refractivity contribution is 5.73. The molecule has 3 aromatic rings. The van der Waals surface area contributed by atoms with Gasteiger partial charge in [0, 0.05) is 12.0 Å². The Hall–Kier alpha value is -2.88. The van der Waals surface area contributed by atoms with Gasteiger partial charge in [-0.05, 0) is 37.5 Å². The normalized spacial score (nSPS) is 10.7.